The summed E-state index contributed by atoms with van der Waals surface area (Å²) in [7, 11) is 1.35. The lowest BCUT2D eigenvalue weighted by Gasteiger charge is -2.25. The van der Waals surface area contributed by atoms with Crippen molar-refractivity contribution < 1.29 is 14.3 Å². The van der Waals surface area contributed by atoms with Crippen LogP contribution in [-0.4, -0.2) is 37.6 Å². The molecule has 2 unspecified atom stereocenters. The molecule has 2 N–H and O–H groups in total. The molecule has 0 aliphatic carbocycles. The molecule has 0 saturated carbocycles. The molecule has 1 aliphatic heterocycles. The monoisotopic (exact) mass is 256 g/mol. The van der Waals surface area contributed by atoms with Gasteiger partial charge >= 0.3 is 5.97 Å². The molecule has 0 aromatic heterocycles. The van der Waals surface area contributed by atoms with E-state index in [4.69, 9.17) is 4.74 Å². The van der Waals surface area contributed by atoms with Crippen molar-refractivity contribution in [1.29, 1.82) is 0 Å². The minimum absolute atomic E-state index is 0.0919. The third kappa shape index (κ3) is 4.64. The molecule has 0 aromatic rings. The van der Waals surface area contributed by atoms with Crippen molar-refractivity contribution in [2.45, 2.75) is 51.6 Å². The van der Waals surface area contributed by atoms with E-state index in [1.165, 1.54) is 7.11 Å². The van der Waals surface area contributed by atoms with Gasteiger partial charge in [-0.1, -0.05) is 20.3 Å². The molecule has 1 fully saturated rings. The fraction of sp³-hybridized carbons (Fsp3) is 0.846. The van der Waals surface area contributed by atoms with Gasteiger partial charge in [0, 0.05) is 0 Å². The number of methoxy groups -OCH3 is 1. The number of ether oxygens (including phenoxy) is 1. The van der Waals surface area contributed by atoms with Gasteiger partial charge in [-0.15, -0.1) is 0 Å². The summed E-state index contributed by atoms with van der Waals surface area (Å²) in [5, 5.41) is 5.96. The Bertz CT molecular complexity index is 286. The maximum atomic E-state index is 12.0. The molecular weight excluding hydrogens is 232 g/mol. The highest BCUT2D eigenvalue weighted by Gasteiger charge is 2.27. The quantitative estimate of drug-likeness (QED) is 0.715. The van der Waals surface area contributed by atoms with Crippen LogP contribution in [0, 0.1) is 5.92 Å². The third-order valence-corrected chi connectivity index (χ3v) is 3.14. The lowest BCUT2D eigenvalue weighted by molar-refractivity contribution is -0.145. The highest BCUT2D eigenvalue weighted by atomic mass is 16.5. The van der Waals surface area contributed by atoms with Gasteiger partial charge in [-0.25, -0.2) is 4.79 Å². The summed E-state index contributed by atoms with van der Waals surface area (Å²) in [5.74, 6) is -0.132. The molecule has 0 aromatic carbocycles. The van der Waals surface area contributed by atoms with E-state index in [0.29, 0.717) is 12.3 Å². The zero-order valence-corrected chi connectivity index (χ0v) is 11.5. The highest BCUT2D eigenvalue weighted by molar-refractivity contribution is 5.87. The molecule has 104 valence electrons. The summed E-state index contributed by atoms with van der Waals surface area (Å²) in [6.45, 7) is 4.90. The molecule has 1 heterocycles. The number of hydrogen-bond acceptors (Lipinski definition) is 4. The molecule has 1 rings (SSSR count). The van der Waals surface area contributed by atoms with E-state index in [2.05, 4.69) is 10.6 Å². The molecule has 5 heteroatoms. The molecule has 1 aliphatic rings. The van der Waals surface area contributed by atoms with Crippen molar-refractivity contribution >= 4 is 11.9 Å². The van der Waals surface area contributed by atoms with Gasteiger partial charge < -0.3 is 15.4 Å². The summed E-state index contributed by atoms with van der Waals surface area (Å²) >= 11 is 0. The first-order chi connectivity index (χ1) is 8.54. The zero-order chi connectivity index (χ0) is 13.5. The lowest BCUT2D eigenvalue weighted by atomic mass is 10.0. The summed E-state index contributed by atoms with van der Waals surface area (Å²) in [6, 6.07) is -0.704. The predicted molar refractivity (Wildman–Crippen MR) is 69.0 cm³/mol. The van der Waals surface area contributed by atoms with Crippen LogP contribution in [0.1, 0.15) is 39.5 Å². The van der Waals surface area contributed by atoms with Gasteiger partial charge in [0.25, 0.3) is 0 Å². The van der Waals surface area contributed by atoms with Gasteiger partial charge in [-0.05, 0) is 31.7 Å². The Labute approximate surface area is 109 Å². The van der Waals surface area contributed by atoms with Gasteiger partial charge in [0.2, 0.25) is 5.91 Å². The number of esters is 1. The van der Waals surface area contributed by atoms with Crippen molar-refractivity contribution in [3.05, 3.63) is 0 Å². The van der Waals surface area contributed by atoms with Gasteiger partial charge in [0.1, 0.15) is 6.04 Å². The van der Waals surface area contributed by atoms with Crippen LogP contribution < -0.4 is 10.6 Å². The van der Waals surface area contributed by atoms with E-state index >= 15 is 0 Å². The Kier molecular flexibility index (Phi) is 6.12. The number of piperidine rings is 1. The number of rotatable bonds is 5. The summed E-state index contributed by atoms with van der Waals surface area (Å²) in [5.41, 5.74) is 0. The average Bonchev–Trinajstić information content (AvgIpc) is 2.37. The maximum absolute atomic E-state index is 12.0. The van der Waals surface area contributed by atoms with Crippen LogP contribution in [-0.2, 0) is 14.3 Å². The molecule has 5 nitrogen and oxygen atoms in total. The van der Waals surface area contributed by atoms with Crippen LogP contribution in [0.5, 0.6) is 0 Å². The smallest absolute Gasteiger partial charge is 0.328 e. The molecule has 2 atom stereocenters. The number of nitrogens with one attached hydrogen (secondary N) is 2. The van der Waals surface area contributed by atoms with Crippen LogP contribution in [0.4, 0.5) is 0 Å². The Morgan fingerprint density at radius 3 is 2.61 bits per heavy atom. The first-order valence-corrected chi connectivity index (χ1v) is 6.66. The van der Waals surface area contributed by atoms with Gasteiger partial charge in [-0.3, -0.25) is 4.79 Å². The largest absolute Gasteiger partial charge is 0.467 e. The van der Waals surface area contributed by atoms with Crippen molar-refractivity contribution in [2.75, 3.05) is 13.7 Å². The summed E-state index contributed by atoms with van der Waals surface area (Å²) in [6.07, 6.45) is 3.60. The molecule has 0 radical (unpaired) electrons. The first kappa shape index (κ1) is 15.0. The van der Waals surface area contributed by atoms with Crippen LogP contribution in [0.2, 0.25) is 0 Å². The lowest BCUT2D eigenvalue weighted by Crippen LogP contribution is -2.52. The van der Waals surface area contributed by atoms with Crippen LogP contribution in [0.25, 0.3) is 0 Å². The maximum Gasteiger partial charge on any atom is 0.328 e. The van der Waals surface area contributed by atoms with E-state index in [1.54, 1.807) is 0 Å². The Balaban J connectivity index is 2.52. The fourth-order valence-corrected chi connectivity index (χ4v) is 2.18. The Morgan fingerprint density at radius 2 is 2.11 bits per heavy atom. The molecule has 0 bridgehead atoms. The fourth-order valence-electron chi connectivity index (χ4n) is 2.18. The summed E-state index contributed by atoms with van der Waals surface area (Å²) in [4.78, 5) is 23.6. The van der Waals surface area contributed by atoms with E-state index < -0.39 is 6.04 Å². The van der Waals surface area contributed by atoms with Crippen LogP contribution >= 0.6 is 0 Å². The van der Waals surface area contributed by atoms with Crippen LogP contribution in [0.15, 0.2) is 0 Å². The Morgan fingerprint density at radius 1 is 1.39 bits per heavy atom. The van der Waals surface area contributed by atoms with Crippen molar-refractivity contribution in [2.24, 2.45) is 5.92 Å². The minimum Gasteiger partial charge on any atom is -0.467 e. The SMILES string of the molecule is COC(=O)C(CC(C)C)NC(=O)C1CCCCN1. The van der Waals surface area contributed by atoms with E-state index in [0.717, 1.165) is 25.8 Å². The van der Waals surface area contributed by atoms with Crippen molar-refractivity contribution in [3.8, 4) is 0 Å². The first-order valence-electron chi connectivity index (χ1n) is 6.66. The second-order valence-corrected chi connectivity index (χ2v) is 5.22. The standard InChI is InChI=1S/C13H24N2O3/c1-9(2)8-11(13(17)18-3)15-12(16)10-6-4-5-7-14-10/h9-11,14H,4-8H2,1-3H3,(H,15,16). The number of carbonyl (C=O) groups is 2. The number of hydrogen-bond donors (Lipinski definition) is 2. The molecular formula is C13H24N2O3. The van der Waals surface area contributed by atoms with E-state index in [1.807, 2.05) is 13.8 Å². The van der Waals surface area contributed by atoms with E-state index in [9.17, 15) is 9.59 Å². The second-order valence-electron chi connectivity index (χ2n) is 5.22. The summed E-state index contributed by atoms with van der Waals surface area (Å²) < 4.78 is 4.73. The van der Waals surface area contributed by atoms with Crippen molar-refractivity contribution in [3.63, 3.8) is 0 Å². The average molecular weight is 256 g/mol. The Hall–Kier alpha value is -1.10. The second kappa shape index (κ2) is 7.36. The van der Waals surface area contributed by atoms with Crippen LogP contribution in [0.3, 0.4) is 0 Å². The molecule has 18 heavy (non-hydrogen) atoms. The van der Waals surface area contributed by atoms with Crippen molar-refractivity contribution in [1.82, 2.24) is 10.6 Å². The number of amides is 1. The third-order valence-electron chi connectivity index (χ3n) is 3.14. The normalized spacial score (nSPS) is 21.4. The molecule has 1 saturated heterocycles. The van der Waals surface area contributed by atoms with E-state index in [-0.39, 0.29) is 17.9 Å². The predicted octanol–water partition coefficient (Wildman–Crippen LogP) is 0.832. The minimum atomic E-state index is -0.536. The van der Waals surface area contributed by atoms with Gasteiger partial charge in [0.15, 0.2) is 0 Å². The zero-order valence-electron chi connectivity index (χ0n) is 11.5. The highest BCUT2D eigenvalue weighted by Crippen LogP contribution is 2.10. The topological polar surface area (TPSA) is 67.4 Å². The number of carbonyl (C=O) groups excluding carboxylic acids is 2. The van der Waals surface area contributed by atoms with Gasteiger partial charge in [-0.2, -0.15) is 0 Å². The molecule has 1 amide bonds. The molecule has 0 spiro atoms. The van der Waals surface area contributed by atoms with Gasteiger partial charge in [0.05, 0.1) is 13.2 Å².